The van der Waals surface area contributed by atoms with Crippen molar-refractivity contribution in [2.75, 3.05) is 20.6 Å². The summed E-state index contributed by atoms with van der Waals surface area (Å²) >= 11 is 3.09. The van der Waals surface area contributed by atoms with Crippen LogP contribution in [-0.2, 0) is 0 Å². The zero-order valence-corrected chi connectivity index (χ0v) is 6.44. The van der Waals surface area contributed by atoms with Crippen molar-refractivity contribution in [1.82, 2.24) is 4.90 Å². The molecule has 8 heavy (non-hydrogen) atoms. The summed E-state index contributed by atoms with van der Waals surface area (Å²) in [6.07, 6.45) is 0. The zero-order chi connectivity index (χ0) is 6.99. The van der Waals surface area contributed by atoms with E-state index in [1.165, 1.54) is 5.40 Å². The van der Waals surface area contributed by atoms with Crippen LogP contribution in [0.4, 0.5) is 0 Å². The topological polar surface area (TPSA) is 27.0 Å². The Hall–Kier alpha value is -0.200. The molecule has 0 N–H and O–H groups in total. The van der Waals surface area contributed by atoms with E-state index >= 15 is 0 Å². The van der Waals surface area contributed by atoms with E-state index in [4.69, 9.17) is 5.26 Å². The molecule has 48 valence electrons. The lowest BCUT2D eigenvalue weighted by molar-refractivity contribution is 0.434. The van der Waals surface area contributed by atoms with Crippen LogP contribution in [0.25, 0.3) is 0 Å². The van der Waals surface area contributed by atoms with E-state index in [9.17, 15) is 0 Å². The molecule has 0 unspecified atom stereocenters. The Kier molecular flexibility index (Phi) is 13.3. The van der Waals surface area contributed by atoms with Crippen LogP contribution in [-0.4, -0.2) is 25.5 Å². The van der Waals surface area contributed by atoms with E-state index in [1.807, 2.05) is 0 Å². The Balaban J connectivity index is 0. The lowest BCUT2D eigenvalue weighted by Gasteiger charge is -2.00. The normalized spacial score (nSPS) is 7.00. The van der Waals surface area contributed by atoms with Gasteiger partial charge < -0.3 is 4.90 Å². The lowest BCUT2D eigenvalue weighted by Crippen LogP contribution is -2.08. The third-order valence-electron chi connectivity index (χ3n) is 0.632. The molecule has 0 spiro atoms. The maximum Gasteiger partial charge on any atom is 0.130 e. The smallest absolute Gasteiger partial charge is 0.130 e. The molecule has 0 aromatic heterocycles. The molecule has 0 radical (unpaired) electrons. The number of nitrogens with zero attached hydrogens (tertiary/aromatic N) is 2. The van der Waals surface area contributed by atoms with Crippen molar-refractivity contribution in [3.63, 3.8) is 0 Å². The van der Waals surface area contributed by atoms with Gasteiger partial charge in [0.05, 0.1) is 0 Å². The summed E-state index contributed by atoms with van der Waals surface area (Å²) in [4.78, 5) is 2.12. The molecule has 0 rings (SSSR count). The largest absolute Gasteiger partial charge is 0.310 e. The van der Waals surface area contributed by atoms with Gasteiger partial charge in [-0.3, -0.25) is 0 Å². The molecule has 0 aromatic rings. The van der Waals surface area contributed by atoms with Crippen molar-refractivity contribution in [3.8, 4) is 5.40 Å². The van der Waals surface area contributed by atoms with Gasteiger partial charge in [0.15, 0.2) is 0 Å². The van der Waals surface area contributed by atoms with Crippen LogP contribution in [0.15, 0.2) is 0 Å². The fraction of sp³-hybridized carbons (Fsp3) is 0.800. The Morgan fingerprint density at radius 3 is 1.75 bits per heavy atom. The molecule has 0 aliphatic heterocycles. The lowest BCUT2D eigenvalue weighted by atomic mass is 10.7. The second-order valence-electron chi connectivity index (χ2n) is 1.50. The summed E-state index contributed by atoms with van der Waals surface area (Å²) in [5, 5.41) is 8.63. The Morgan fingerprint density at radius 1 is 1.62 bits per heavy atom. The average molecular weight is 132 g/mol. The maximum absolute atomic E-state index is 7.18. The molecule has 2 nitrogen and oxygen atoms in total. The van der Waals surface area contributed by atoms with Crippen molar-refractivity contribution in [2.45, 2.75) is 6.92 Å². The predicted octanol–water partition coefficient (Wildman–Crippen LogP) is 0.965. The van der Waals surface area contributed by atoms with Crippen molar-refractivity contribution in [3.05, 3.63) is 0 Å². The van der Waals surface area contributed by atoms with Crippen LogP contribution in [0.5, 0.6) is 0 Å². The summed E-state index contributed by atoms with van der Waals surface area (Å²) < 4.78 is 0. The van der Waals surface area contributed by atoms with E-state index in [2.05, 4.69) is 38.5 Å². The quantitative estimate of drug-likeness (QED) is 0.425. The van der Waals surface area contributed by atoms with E-state index in [0.29, 0.717) is 0 Å². The molecular formula is C5H12N2S. The highest BCUT2D eigenvalue weighted by atomic mass is 32.1. The van der Waals surface area contributed by atoms with Crippen LogP contribution >= 0.6 is 12.6 Å². The number of nitriles is 1. The highest BCUT2D eigenvalue weighted by Crippen LogP contribution is 1.63. The first kappa shape index (κ1) is 10.7. The van der Waals surface area contributed by atoms with Gasteiger partial charge >= 0.3 is 0 Å². The molecular weight excluding hydrogens is 120 g/mol. The Morgan fingerprint density at radius 2 is 1.75 bits per heavy atom. The molecule has 0 heterocycles. The molecule has 0 saturated carbocycles. The summed E-state index contributed by atoms with van der Waals surface area (Å²) in [6.45, 7) is 3.26. The van der Waals surface area contributed by atoms with Crippen LogP contribution in [0.2, 0.25) is 0 Å². The van der Waals surface area contributed by atoms with Gasteiger partial charge in [0.25, 0.3) is 0 Å². The van der Waals surface area contributed by atoms with E-state index < -0.39 is 0 Å². The third-order valence-corrected chi connectivity index (χ3v) is 0.632. The first-order valence-electron chi connectivity index (χ1n) is 2.36. The Bertz CT molecular complexity index is 65.3. The minimum absolute atomic E-state index is 1.14. The van der Waals surface area contributed by atoms with E-state index in [-0.39, 0.29) is 0 Å². The van der Waals surface area contributed by atoms with Gasteiger partial charge in [0.2, 0.25) is 0 Å². The minimum atomic E-state index is 1.14. The fourth-order valence-electron chi connectivity index (χ4n) is 0. The standard InChI is InChI=1S/C4H11N.CHNS/c1-4-5(2)3;2-1-3/h4H2,1-3H3;3H. The SMILES string of the molecule is CCN(C)C.N#CS. The molecule has 0 fully saturated rings. The second-order valence-corrected chi connectivity index (χ2v) is 1.70. The summed E-state index contributed by atoms with van der Waals surface area (Å²) in [5.41, 5.74) is 0. The fourth-order valence-corrected chi connectivity index (χ4v) is 0. The first-order chi connectivity index (χ1) is 3.68. The van der Waals surface area contributed by atoms with Crippen molar-refractivity contribution < 1.29 is 0 Å². The first-order valence-corrected chi connectivity index (χ1v) is 2.81. The number of rotatable bonds is 1. The molecule has 0 saturated heterocycles. The van der Waals surface area contributed by atoms with Crippen LogP contribution in [0.3, 0.4) is 0 Å². The highest BCUT2D eigenvalue weighted by molar-refractivity contribution is 7.85. The Labute approximate surface area is 56.5 Å². The maximum atomic E-state index is 7.18. The van der Waals surface area contributed by atoms with Gasteiger partial charge in [0.1, 0.15) is 5.40 Å². The number of hydrogen-bond donors (Lipinski definition) is 1. The van der Waals surface area contributed by atoms with E-state index in [1.54, 1.807) is 0 Å². The van der Waals surface area contributed by atoms with Crippen LogP contribution in [0, 0.1) is 10.7 Å². The van der Waals surface area contributed by atoms with Crippen molar-refractivity contribution >= 4 is 12.6 Å². The molecule has 0 atom stereocenters. The summed E-state index contributed by atoms with van der Waals surface area (Å²) in [6, 6.07) is 0. The van der Waals surface area contributed by atoms with Gasteiger partial charge in [-0.25, -0.2) is 0 Å². The van der Waals surface area contributed by atoms with Crippen molar-refractivity contribution in [1.29, 1.82) is 5.26 Å². The zero-order valence-electron chi connectivity index (χ0n) is 5.55. The van der Waals surface area contributed by atoms with Crippen molar-refractivity contribution in [2.24, 2.45) is 0 Å². The summed E-state index contributed by atoms with van der Waals surface area (Å²) in [7, 11) is 4.11. The number of thiol groups is 1. The molecule has 0 aliphatic rings. The summed E-state index contributed by atoms with van der Waals surface area (Å²) in [5.74, 6) is 0. The van der Waals surface area contributed by atoms with Gasteiger partial charge in [0, 0.05) is 0 Å². The number of hydrogen-bond acceptors (Lipinski definition) is 3. The molecule has 0 bridgehead atoms. The third kappa shape index (κ3) is 41.2. The van der Waals surface area contributed by atoms with Gasteiger partial charge in [-0.05, 0) is 20.6 Å². The minimum Gasteiger partial charge on any atom is -0.310 e. The highest BCUT2D eigenvalue weighted by Gasteiger charge is 1.72. The van der Waals surface area contributed by atoms with Gasteiger partial charge in [-0.1, -0.05) is 19.6 Å². The molecule has 3 heteroatoms. The van der Waals surface area contributed by atoms with Gasteiger partial charge in [-0.2, -0.15) is 5.26 Å². The number of thiocyanates is 1. The average Bonchev–Trinajstić information content (AvgIpc) is 1.69. The van der Waals surface area contributed by atoms with Crippen LogP contribution in [0.1, 0.15) is 6.92 Å². The monoisotopic (exact) mass is 132 g/mol. The van der Waals surface area contributed by atoms with Gasteiger partial charge in [-0.15, -0.1) is 0 Å². The molecule has 0 amide bonds. The second kappa shape index (κ2) is 9.93. The predicted molar refractivity (Wildman–Crippen MR) is 38.8 cm³/mol. The molecule has 0 aliphatic carbocycles. The van der Waals surface area contributed by atoms with Crippen LogP contribution < -0.4 is 0 Å². The van der Waals surface area contributed by atoms with E-state index in [0.717, 1.165) is 6.54 Å². The molecule has 0 aromatic carbocycles.